The number of rotatable bonds is 0. The van der Waals surface area contributed by atoms with E-state index in [1.165, 1.54) is 0 Å². The Balaban J connectivity index is -0.00000000500. The maximum absolute atomic E-state index is 4.83. The van der Waals surface area contributed by atoms with Crippen molar-refractivity contribution in [2.75, 3.05) is 0 Å². The Morgan fingerprint density at radius 3 is 1.00 bits per heavy atom. The summed E-state index contributed by atoms with van der Waals surface area (Å²) in [5.41, 5.74) is 0. The Bertz CT molecular complexity index is 6.00. The van der Waals surface area contributed by atoms with Crippen molar-refractivity contribution in [2.24, 2.45) is 0 Å². The first-order valence-corrected chi connectivity index (χ1v) is 4.68. The van der Waals surface area contributed by atoms with Gasteiger partial charge in [-0.2, -0.15) is 0 Å². The Kier molecular flexibility index (Phi) is 61.8. The summed E-state index contributed by atoms with van der Waals surface area (Å²) in [5.74, 6) is 0. The molecule has 0 N–H and O–H groups in total. The van der Waals surface area contributed by atoms with Gasteiger partial charge in [0.05, 0.1) is 0 Å². The minimum atomic E-state index is 0. The molecular weight excluding hydrogens is 121 g/mol. The minimum absolute atomic E-state index is 0. The molecule has 0 aliphatic rings. The van der Waals surface area contributed by atoms with Crippen LogP contribution in [0.25, 0.3) is 0 Å². The van der Waals surface area contributed by atoms with E-state index >= 15 is 0 Å². The maximum atomic E-state index is 4.83. The number of hydrogen-bond donors (Lipinski definition) is 0. The molecule has 0 spiro atoms. The van der Waals surface area contributed by atoms with E-state index in [9.17, 15) is 0 Å². The van der Waals surface area contributed by atoms with Gasteiger partial charge in [-0.25, -0.2) is 0 Å². The molecule has 0 unspecified atom stereocenters. The van der Waals surface area contributed by atoms with Gasteiger partial charge in [0, 0.05) is 0 Å². The molecule has 0 aromatic heterocycles. The Labute approximate surface area is 106 Å². The molecule has 0 amide bonds. The molecule has 0 aromatic carbocycles. The molecule has 0 rings (SSSR count). The predicted molar refractivity (Wildman–Crippen MR) is 25.9 cm³/mol. The molecule has 0 nitrogen and oxygen atoms in total. The third-order valence-electron chi connectivity index (χ3n) is 0. The van der Waals surface area contributed by atoms with E-state index in [1.54, 1.807) is 0 Å². The molecule has 0 saturated heterocycles. The predicted octanol–water partition coefficient (Wildman–Crippen LogP) is -0.988. The summed E-state index contributed by atoms with van der Waals surface area (Å²) in [5, 5.41) is 0. The third-order valence-corrected chi connectivity index (χ3v) is 0. The Morgan fingerprint density at radius 2 is 1.00 bits per heavy atom. The zero-order valence-corrected chi connectivity index (χ0v) is 5.26. The van der Waals surface area contributed by atoms with Crippen molar-refractivity contribution in [3.8, 4) is 0 Å². The van der Waals surface area contributed by atoms with Crippen molar-refractivity contribution in [3.63, 3.8) is 0 Å². The van der Waals surface area contributed by atoms with Crippen molar-refractivity contribution in [1.82, 2.24) is 0 Å². The normalized spacial score (nSPS) is 1.75. The average Bonchev–Trinajstić information content (AvgIpc) is 1.00. The summed E-state index contributed by atoms with van der Waals surface area (Å²) >= 11 is 0.535. The van der Waals surface area contributed by atoms with Gasteiger partial charge in [0.1, 0.15) is 0 Å². The fourth-order valence-corrected chi connectivity index (χ4v) is 0. The molecule has 4 heavy (non-hydrogen) atoms. The first kappa shape index (κ1) is 15.7. The molecule has 0 saturated carbocycles. The average molecular weight is 123 g/mol. The van der Waals surface area contributed by atoms with Crippen LogP contribution in [0.1, 0.15) is 0 Å². The number of halogens is 1. The SMILES string of the molecule is [Cl][K].[NaH].[NaH]. The summed E-state index contributed by atoms with van der Waals surface area (Å²) < 4.78 is 4.83. The van der Waals surface area contributed by atoms with E-state index in [-0.39, 0.29) is 59.1 Å². The molecule has 12 valence electrons. The Hall–Kier alpha value is 3.93. The van der Waals surface area contributed by atoms with Gasteiger partial charge in [-0.15, -0.1) is 0 Å². The first-order valence-electron chi connectivity index (χ1n) is 0.378. The molecule has 0 fully saturated rings. The van der Waals surface area contributed by atoms with Gasteiger partial charge >= 0.3 is 110 Å². The molecule has 0 aliphatic carbocycles. The van der Waals surface area contributed by atoms with Crippen molar-refractivity contribution in [1.29, 1.82) is 0 Å². The van der Waals surface area contributed by atoms with E-state index < -0.39 is 0 Å². The summed E-state index contributed by atoms with van der Waals surface area (Å²) in [6.07, 6.45) is 0. The van der Waals surface area contributed by atoms with Gasteiger partial charge in [-0.05, 0) is 0 Å². The second kappa shape index (κ2) is 15.8. The van der Waals surface area contributed by atoms with Gasteiger partial charge in [-0.3, -0.25) is 0 Å². The van der Waals surface area contributed by atoms with Gasteiger partial charge in [0.15, 0.2) is 0 Å². The van der Waals surface area contributed by atoms with E-state index in [4.69, 9.17) is 3.76 Å². The van der Waals surface area contributed by atoms with Crippen molar-refractivity contribution in [2.45, 2.75) is 0 Å². The molecular formula is H2ClKNa2. The van der Waals surface area contributed by atoms with Gasteiger partial charge < -0.3 is 0 Å². The summed E-state index contributed by atoms with van der Waals surface area (Å²) in [7, 11) is 0. The molecule has 0 aliphatic heterocycles. The van der Waals surface area contributed by atoms with Crippen LogP contribution in [0.5, 0.6) is 0 Å². The summed E-state index contributed by atoms with van der Waals surface area (Å²) in [6, 6.07) is 0. The zero-order chi connectivity index (χ0) is 2.00. The van der Waals surface area contributed by atoms with Crippen LogP contribution in [-0.2, 0) is 0 Å². The molecule has 0 atom stereocenters. The van der Waals surface area contributed by atoms with Crippen LogP contribution in [0.15, 0.2) is 0 Å². The topological polar surface area (TPSA) is 0 Å². The molecule has 0 bridgehead atoms. The van der Waals surface area contributed by atoms with Crippen LogP contribution in [0.3, 0.4) is 0 Å². The van der Waals surface area contributed by atoms with Crippen molar-refractivity contribution in [3.05, 3.63) is 0 Å². The van der Waals surface area contributed by atoms with Crippen LogP contribution in [0, 0.1) is 0 Å². The van der Waals surface area contributed by atoms with E-state index in [2.05, 4.69) is 0 Å². The molecule has 4 heteroatoms. The van der Waals surface area contributed by atoms with Crippen LogP contribution >= 0.6 is 3.76 Å². The monoisotopic (exact) mass is 122 g/mol. The Morgan fingerprint density at radius 1 is 1.00 bits per heavy atom. The van der Waals surface area contributed by atoms with Crippen LogP contribution in [0.2, 0.25) is 0 Å². The quantitative estimate of drug-likeness (QED) is 0.362. The van der Waals surface area contributed by atoms with Crippen LogP contribution in [-0.4, -0.2) is 106 Å². The fourth-order valence-electron chi connectivity index (χ4n) is 0. The third kappa shape index (κ3) is 9.33. The second-order valence-electron chi connectivity index (χ2n) is 0. The first-order chi connectivity index (χ1) is 1.00. The van der Waals surface area contributed by atoms with Crippen LogP contribution in [0.4, 0.5) is 0 Å². The summed E-state index contributed by atoms with van der Waals surface area (Å²) in [6.45, 7) is 0. The molecule has 0 heterocycles. The zero-order valence-electron chi connectivity index (χ0n) is 1.38. The van der Waals surface area contributed by atoms with Gasteiger partial charge in [0.25, 0.3) is 0 Å². The van der Waals surface area contributed by atoms with E-state index in [1.807, 2.05) is 0 Å². The van der Waals surface area contributed by atoms with E-state index in [0.717, 1.165) is 0 Å². The van der Waals surface area contributed by atoms with Crippen molar-refractivity contribution >= 4 is 110 Å². The second-order valence-corrected chi connectivity index (χ2v) is 0. The standard InChI is InChI=1S/ClH.K.2Na.2H/h1H;;;;;/q;+1;;;;/p-1. The molecule has 0 radical (unpaired) electrons. The molecule has 0 aromatic rings. The van der Waals surface area contributed by atoms with Crippen molar-refractivity contribution < 1.29 is 0 Å². The summed E-state index contributed by atoms with van der Waals surface area (Å²) in [4.78, 5) is 0. The fraction of sp³-hybridized carbons (Fsp3) is 0. The van der Waals surface area contributed by atoms with E-state index in [0.29, 0.717) is 47.1 Å². The van der Waals surface area contributed by atoms with Gasteiger partial charge in [-0.1, -0.05) is 0 Å². The van der Waals surface area contributed by atoms with Crippen LogP contribution < -0.4 is 0 Å². The number of hydrogen-bond acceptors (Lipinski definition) is 0. The van der Waals surface area contributed by atoms with Gasteiger partial charge in [0.2, 0.25) is 0 Å².